The molecule has 0 radical (unpaired) electrons. The molecule has 0 spiro atoms. The Bertz CT molecular complexity index is 672. The van der Waals surface area contributed by atoms with Crippen molar-refractivity contribution < 1.29 is 0 Å². The molecule has 0 aliphatic heterocycles. The molecular formula is C12H10IN3. The summed E-state index contributed by atoms with van der Waals surface area (Å²) in [6.45, 7) is 0. The van der Waals surface area contributed by atoms with Crippen molar-refractivity contribution in [1.82, 2.24) is 9.38 Å². The zero-order valence-electron chi connectivity index (χ0n) is 8.74. The maximum atomic E-state index is 4.60. The second-order valence-electron chi connectivity index (χ2n) is 3.64. The van der Waals surface area contributed by atoms with Crippen molar-refractivity contribution in [1.29, 1.82) is 0 Å². The molecule has 0 aliphatic carbocycles. The minimum absolute atomic E-state index is 0.996. The van der Waals surface area contributed by atoms with Crippen molar-refractivity contribution >= 4 is 45.0 Å². The van der Waals surface area contributed by atoms with Gasteiger partial charge in [-0.2, -0.15) is 0 Å². The van der Waals surface area contributed by atoms with E-state index in [1.807, 2.05) is 7.05 Å². The molecule has 3 rings (SSSR count). The van der Waals surface area contributed by atoms with E-state index in [9.17, 15) is 0 Å². The maximum absolute atomic E-state index is 4.60. The maximum Gasteiger partial charge on any atom is 0.138 e. The van der Waals surface area contributed by atoms with E-state index in [2.05, 4.69) is 73.8 Å². The topological polar surface area (TPSA) is 29.3 Å². The molecule has 0 saturated carbocycles. The van der Waals surface area contributed by atoms with Gasteiger partial charge in [0.05, 0.1) is 11.0 Å². The first-order valence-electron chi connectivity index (χ1n) is 5.03. The minimum Gasteiger partial charge on any atom is -0.388 e. The molecule has 3 nitrogen and oxygen atoms in total. The highest BCUT2D eigenvalue weighted by Crippen LogP contribution is 2.21. The minimum atomic E-state index is 0.996. The van der Waals surface area contributed by atoms with Gasteiger partial charge in [-0.05, 0) is 52.9 Å². The average Bonchev–Trinajstić information content (AvgIpc) is 2.64. The van der Waals surface area contributed by atoms with Gasteiger partial charge >= 0.3 is 0 Å². The van der Waals surface area contributed by atoms with Crippen LogP contribution in [0, 0.1) is 3.57 Å². The Labute approximate surface area is 107 Å². The molecule has 1 N–H and O–H groups in total. The van der Waals surface area contributed by atoms with Crippen molar-refractivity contribution in [3.63, 3.8) is 0 Å². The molecule has 0 atom stereocenters. The van der Waals surface area contributed by atoms with Crippen molar-refractivity contribution in [3.8, 4) is 0 Å². The number of hydrogen-bond acceptors (Lipinski definition) is 2. The van der Waals surface area contributed by atoms with E-state index in [0.29, 0.717) is 0 Å². The van der Waals surface area contributed by atoms with Crippen LogP contribution in [-0.2, 0) is 0 Å². The van der Waals surface area contributed by atoms with E-state index in [4.69, 9.17) is 0 Å². The summed E-state index contributed by atoms with van der Waals surface area (Å²) in [5.41, 5.74) is 4.25. The molecule has 2 heterocycles. The van der Waals surface area contributed by atoms with Gasteiger partial charge in [0.2, 0.25) is 0 Å². The van der Waals surface area contributed by atoms with Crippen molar-refractivity contribution in [2.45, 2.75) is 0 Å². The third-order valence-corrected chi connectivity index (χ3v) is 3.33. The van der Waals surface area contributed by atoms with E-state index >= 15 is 0 Å². The number of imidazole rings is 1. The largest absolute Gasteiger partial charge is 0.388 e. The van der Waals surface area contributed by atoms with Crippen molar-refractivity contribution in [2.24, 2.45) is 0 Å². The summed E-state index contributed by atoms with van der Waals surface area (Å²) < 4.78 is 3.31. The fourth-order valence-corrected chi connectivity index (χ4v) is 2.29. The molecule has 0 fully saturated rings. The summed E-state index contributed by atoms with van der Waals surface area (Å²) >= 11 is 2.30. The Balaban J connectivity index is 2.40. The number of halogens is 1. The summed E-state index contributed by atoms with van der Waals surface area (Å²) in [7, 11) is 1.92. The van der Waals surface area contributed by atoms with Gasteiger partial charge in [-0.1, -0.05) is 0 Å². The van der Waals surface area contributed by atoms with Gasteiger partial charge in [0, 0.05) is 22.5 Å². The molecule has 4 heteroatoms. The van der Waals surface area contributed by atoms with E-state index < -0.39 is 0 Å². The first-order valence-corrected chi connectivity index (χ1v) is 6.11. The molecular weight excluding hydrogens is 311 g/mol. The zero-order valence-corrected chi connectivity index (χ0v) is 10.9. The first kappa shape index (κ1) is 9.89. The van der Waals surface area contributed by atoms with Gasteiger partial charge in [-0.3, -0.25) is 4.40 Å². The highest BCUT2D eigenvalue weighted by Gasteiger charge is 2.04. The molecule has 1 aromatic carbocycles. The fraction of sp³-hybridized carbons (Fsp3) is 0.0833. The molecule has 0 bridgehead atoms. The lowest BCUT2D eigenvalue weighted by atomic mass is 10.3. The van der Waals surface area contributed by atoms with E-state index in [1.54, 1.807) is 0 Å². The van der Waals surface area contributed by atoms with Gasteiger partial charge in [0.25, 0.3) is 0 Å². The Hall–Kier alpha value is -1.30. The lowest BCUT2D eigenvalue weighted by molar-refractivity contribution is 1.22. The number of aromatic nitrogens is 2. The number of hydrogen-bond donors (Lipinski definition) is 1. The second kappa shape index (κ2) is 3.62. The molecule has 0 unspecified atom stereocenters. The number of pyridine rings is 1. The monoisotopic (exact) mass is 321 g/mol. The normalized spacial score (nSPS) is 11.1. The number of benzene rings is 1. The highest BCUT2D eigenvalue weighted by molar-refractivity contribution is 14.1. The van der Waals surface area contributed by atoms with Crippen LogP contribution in [0.2, 0.25) is 0 Å². The predicted molar refractivity (Wildman–Crippen MR) is 75.0 cm³/mol. The predicted octanol–water partition coefficient (Wildman–Crippen LogP) is 3.13. The van der Waals surface area contributed by atoms with Gasteiger partial charge in [0.15, 0.2) is 0 Å². The molecule has 0 saturated heterocycles. The Morgan fingerprint density at radius 2 is 2.12 bits per heavy atom. The third-order valence-electron chi connectivity index (χ3n) is 2.66. The number of anilines is 1. The van der Waals surface area contributed by atoms with Crippen molar-refractivity contribution in [3.05, 3.63) is 40.1 Å². The quantitative estimate of drug-likeness (QED) is 0.698. The van der Waals surface area contributed by atoms with Gasteiger partial charge in [-0.25, -0.2) is 4.98 Å². The summed E-state index contributed by atoms with van der Waals surface area (Å²) in [5.74, 6) is 0. The molecule has 0 aliphatic rings. The summed E-state index contributed by atoms with van der Waals surface area (Å²) in [4.78, 5) is 4.60. The Kier molecular flexibility index (Phi) is 2.24. The fourth-order valence-electron chi connectivity index (χ4n) is 1.85. The van der Waals surface area contributed by atoms with Crippen LogP contribution in [0.5, 0.6) is 0 Å². The molecule has 80 valence electrons. The van der Waals surface area contributed by atoms with Gasteiger partial charge in [0.1, 0.15) is 5.65 Å². The van der Waals surface area contributed by atoms with Gasteiger partial charge in [-0.15, -0.1) is 0 Å². The van der Waals surface area contributed by atoms with Crippen LogP contribution in [0.25, 0.3) is 16.7 Å². The van der Waals surface area contributed by atoms with Crippen LogP contribution in [0.15, 0.2) is 36.5 Å². The first-order chi connectivity index (χ1) is 7.78. The van der Waals surface area contributed by atoms with Crippen LogP contribution in [0.4, 0.5) is 5.69 Å². The van der Waals surface area contributed by atoms with Crippen LogP contribution in [-0.4, -0.2) is 16.4 Å². The number of nitrogens with one attached hydrogen (secondary N) is 1. The molecule has 2 aromatic heterocycles. The lowest BCUT2D eigenvalue weighted by Gasteiger charge is -1.99. The molecule has 0 amide bonds. The van der Waals surface area contributed by atoms with E-state index in [1.165, 1.54) is 3.57 Å². The smallest absolute Gasteiger partial charge is 0.138 e. The van der Waals surface area contributed by atoms with Crippen LogP contribution < -0.4 is 5.32 Å². The Morgan fingerprint density at radius 1 is 1.25 bits per heavy atom. The highest BCUT2D eigenvalue weighted by atomic mass is 125. The molecule has 16 heavy (non-hydrogen) atoms. The van der Waals surface area contributed by atoms with Crippen molar-refractivity contribution in [2.75, 3.05) is 12.4 Å². The van der Waals surface area contributed by atoms with Crippen LogP contribution in [0.3, 0.4) is 0 Å². The summed E-state index contributed by atoms with van der Waals surface area (Å²) in [5, 5.41) is 3.12. The zero-order chi connectivity index (χ0) is 11.1. The third kappa shape index (κ3) is 1.44. The van der Waals surface area contributed by atoms with Gasteiger partial charge < -0.3 is 5.32 Å². The number of rotatable bonds is 1. The second-order valence-corrected chi connectivity index (χ2v) is 4.88. The number of fused-ring (bicyclic) bond motifs is 3. The van der Waals surface area contributed by atoms with Crippen LogP contribution >= 0.6 is 22.6 Å². The lowest BCUT2D eigenvalue weighted by Crippen LogP contribution is -1.87. The average molecular weight is 321 g/mol. The SMILES string of the molecule is CNc1ccc2c(c1)nc1cc([125I])ccn12. The standard InChI is InChI=1S/C12H10IN3/c1-14-9-2-3-11-10(7-9)15-12-6-8(13)4-5-16(11)12/h2-7,14H,1H3/i13-2. The van der Waals surface area contributed by atoms with E-state index in [0.717, 1.165) is 22.4 Å². The van der Waals surface area contributed by atoms with Crippen LogP contribution in [0.1, 0.15) is 0 Å². The Morgan fingerprint density at radius 3 is 2.94 bits per heavy atom. The number of nitrogens with zero attached hydrogens (tertiary/aromatic N) is 2. The summed E-state index contributed by atoms with van der Waals surface area (Å²) in [6, 6.07) is 10.4. The summed E-state index contributed by atoms with van der Waals surface area (Å²) in [6.07, 6.45) is 2.06. The van der Waals surface area contributed by atoms with E-state index in [-0.39, 0.29) is 0 Å². The molecule has 3 aromatic rings.